The number of aryl methyl sites for hydroxylation is 2. The van der Waals surface area contributed by atoms with Crippen LogP contribution in [0.1, 0.15) is 29.8 Å². The van der Waals surface area contributed by atoms with Crippen LogP contribution < -0.4 is 14.2 Å². The molecule has 0 bridgehead atoms. The average molecular weight is 474 g/mol. The van der Waals surface area contributed by atoms with Crippen molar-refractivity contribution in [3.05, 3.63) is 70.5 Å². The smallest absolute Gasteiger partial charge is 0.263 e. The van der Waals surface area contributed by atoms with Gasteiger partial charge in [-0.15, -0.1) is 0 Å². The number of rotatable bonds is 8. The summed E-state index contributed by atoms with van der Waals surface area (Å²) in [6.45, 7) is 2.13. The van der Waals surface area contributed by atoms with Crippen LogP contribution in [0.15, 0.2) is 53.4 Å². The third kappa shape index (κ3) is 5.14. The van der Waals surface area contributed by atoms with Crippen molar-refractivity contribution < 1.29 is 17.9 Å². The molecule has 1 aliphatic carbocycles. The third-order valence-corrected chi connectivity index (χ3v) is 7.06. The van der Waals surface area contributed by atoms with E-state index in [4.69, 9.17) is 21.1 Å². The summed E-state index contributed by atoms with van der Waals surface area (Å²) in [6, 6.07) is 14.1. The lowest BCUT2D eigenvalue weighted by atomic mass is 10.0. The summed E-state index contributed by atoms with van der Waals surface area (Å²) < 4.78 is 40.2. The summed E-state index contributed by atoms with van der Waals surface area (Å²) in [4.78, 5) is 9.23. The van der Waals surface area contributed by atoms with Crippen LogP contribution in [-0.2, 0) is 22.9 Å². The summed E-state index contributed by atoms with van der Waals surface area (Å²) in [5, 5.41) is 0.374. The zero-order valence-electron chi connectivity index (χ0n) is 17.7. The number of nitrogens with zero attached hydrogens (tertiary/aromatic N) is 2. The minimum atomic E-state index is -3.94. The van der Waals surface area contributed by atoms with Crippen molar-refractivity contribution >= 4 is 27.4 Å². The zero-order valence-corrected chi connectivity index (χ0v) is 19.2. The lowest BCUT2D eigenvalue weighted by molar-refractivity contribution is 0.212. The van der Waals surface area contributed by atoms with Gasteiger partial charge in [-0.2, -0.15) is 0 Å². The monoisotopic (exact) mass is 473 g/mol. The molecule has 32 heavy (non-hydrogen) atoms. The van der Waals surface area contributed by atoms with E-state index in [0.29, 0.717) is 10.6 Å². The Morgan fingerprint density at radius 3 is 2.38 bits per heavy atom. The fourth-order valence-corrected chi connectivity index (χ4v) is 5.01. The fraction of sp³-hybridized carbons (Fsp3) is 0.304. The second-order valence-corrected chi connectivity index (χ2v) is 9.51. The number of aromatic nitrogens is 2. The van der Waals surface area contributed by atoms with Gasteiger partial charge in [0.05, 0.1) is 16.3 Å². The standard InChI is InChI=1S/C23H24ClN3O4S/c1-16-18(24)10-7-13-21(16)32(28,29)27-22-23(26-20-12-6-5-11-19(20)25-22)31-15-14-30-17-8-3-2-4-9-17/h2-4,7-10,13H,5-6,11-12,14-15H2,1H3,(H,25,27). The van der Waals surface area contributed by atoms with Gasteiger partial charge < -0.3 is 9.47 Å². The van der Waals surface area contributed by atoms with Crippen LogP contribution >= 0.6 is 11.6 Å². The SMILES string of the molecule is Cc1c(Cl)cccc1S(=O)(=O)Nc1nc2c(nc1OCCOc1ccccc1)CCCC2. The second-order valence-electron chi connectivity index (χ2n) is 7.46. The number of nitrogens with one attached hydrogen (secondary N) is 1. The summed E-state index contributed by atoms with van der Waals surface area (Å²) in [6.07, 6.45) is 3.56. The summed E-state index contributed by atoms with van der Waals surface area (Å²) in [5.41, 5.74) is 2.10. The topological polar surface area (TPSA) is 90.4 Å². The first-order chi connectivity index (χ1) is 15.4. The van der Waals surface area contributed by atoms with E-state index in [9.17, 15) is 8.42 Å². The Morgan fingerprint density at radius 2 is 1.62 bits per heavy atom. The summed E-state index contributed by atoms with van der Waals surface area (Å²) >= 11 is 6.13. The fourth-order valence-electron chi connectivity index (χ4n) is 3.52. The van der Waals surface area contributed by atoms with Gasteiger partial charge in [0.1, 0.15) is 19.0 Å². The van der Waals surface area contributed by atoms with Gasteiger partial charge in [-0.25, -0.2) is 18.4 Å². The van der Waals surface area contributed by atoms with Crippen LogP contribution in [0.25, 0.3) is 0 Å². The number of ether oxygens (including phenoxy) is 2. The maximum atomic E-state index is 13.1. The maximum absolute atomic E-state index is 13.1. The van der Waals surface area contributed by atoms with Crippen LogP contribution in [0, 0.1) is 6.92 Å². The van der Waals surface area contributed by atoms with Crippen LogP contribution in [0.5, 0.6) is 11.6 Å². The van der Waals surface area contributed by atoms with Gasteiger partial charge in [0, 0.05) is 5.02 Å². The number of anilines is 1. The molecule has 0 aliphatic heterocycles. The number of hydrogen-bond acceptors (Lipinski definition) is 6. The van der Waals surface area contributed by atoms with E-state index in [-0.39, 0.29) is 29.8 Å². The van der Waals surface area contributed by atoms with E-state index >= 15 is 0 Å². The first-order valence-electron chi connectivity index (χ1n) is 10.4. The molecular weight excluding hydrogens is 450 g/mol. The number of benzene rings is 2. The highest BCUT2D eigenvalue weighted by Crippen LogP contribution is 2.30. The molecule has 168 valence electrons. The molecule has 9 heteroatoms. The molecule has 0 atom stereocenters. The van der Waals surface area contributed by atoms with Crippen molar-refractivity contribution in [1.29, 1.82) is 0 Å². The molecule has 7 nitrogen and oxygen atoms in total. The lowest BCUT2D eigenvalue weighted by Crippen LogP contribution is -2.20. The highest BCUT2D eigenvalue weighted by Gasteiger charge is 2.24. The van der Waals surface area contributed by atoms with Crippen molar-refractivity contribution in [2.24, 2.45) is 0 Å². The first kappa shape index (κ1) is 22.4. The number of fused-ring (bicyclic) bond motifs is 1. The lowest BCUT2D eigenvalue weighted by Gasteiger charge is -2.19. The van der Waals surface area contributed by atoms with Crippen molar-refractivity contribution in [2.75, 3.05) is 17.9 Å². The molecule has 2 aromatic carbocycles. The number of halogens is 1. The molecule has 1 heterocycles. The van der Waals surface area contributed by atoms with E-state index in [1.807, 2.05) is 30.3 Å². The van der Waals surface area contributed by atoms with Gasteiger partial charge in [0.15, 0.2) is 0 Å². The van der Waals surface area contributed by atoms with Crippen LogP contribution in [-0.4, -0.2) is 31.6 Å². The van der Waals surface area contributed by atoms with E-state index in [1.165, 1.54) is 6.07 Å². The molecule has 0 unspecified atom stereocenters. The molecule has 0 fully saturated rings. The Kier molecular flexibility index (Phi) is 6.81. The highest BCUT2D eigenvalue weighted by atomic mass is 35.5. The quantitative estimate of drug-likeness (QED) is 0.482. The Morgan fingerprint density at radius 1 is 0.938 bits per heavy atom. The van der Waals surface area contributed by atoms with Gasteiger partial charge in [0.25, 0.3) is 15.9 Å². The Hall–Kier alpha value is -2.84. The normalized spacial score (nSPS) is 13.3. The van der Waals surface area contributed by atoms with Crippen LogP contribution in [0.2, 0.25) is 5.02 Å². The van der Waals surface area contributed by atoms with Crippen molar-refractivity contribution in [3.8, 4) is 11.6 Å². The first-order valence-corrected chi connectivity index (χ1v) is 12.3. The molecule has 3 aromatic rings. The molecular formula is C23H24ClN3O4S. The largest absolute Gasteiger partial charge is 0.490 e. The van der Waals surface area contributed by atoms with Crippen molar-refractivity contribution in [2.45, 2.75) is 37.5 Å². The van der Waals surface area contributed by atoms with Crippen molar-refractivity contribution in [1.82, 2.24) is 9.97 Å². The molecule has 4 rings (SSSR count). The predicted octanol–water partition coefficient (Wildman–Crippen LogP) is 4.58. The van der Waals surface area contributed by atoms with E-state index < -0.39 is 10.0 Å². The molecule has 1 aliphatic rings. The van der Waals surface area contributed by atoms with E-state index in [0.717, 1.165) is 42.8 Å². The maximum Gasteiger partial charge on any atom is 0.263 e. The number of sulfonamides is 1. The minimum Gasteiger partial charge on any atom is -0.490 e. The zero-order chi connectivity index (χ0) is 22.6. The molecule has 0 amide bonds. The molecule has 1 aromatic heterocycles. The van der Waals surface area contributed by atoms with Gasteiger partial charge >= 0.3 is 0 Å². The van der Waals surface area contributed by atoms with Gasteiger partial charge in [-0.05, 0) is 62.4 Å². The van der Waals surface area contributed by atoms with Crippen LogP contribution in [0.4, 0.5) is 5.82 Å². The third-order valence-electron chi connectivity index (χ3n) is 5.17. The van der Waals surface area contributed by atoms with Crippen molar-refractivity contribution in [3.63, 3.8) is 0 Å². The highest BCUT2D eigenvalue weighted by molar-refractivity contribution is 7.92. The molecule has 0 spiro atoms. The predicted molar refractivity (Wildman–Crippen MR) is 123 cm³/mol. The second kappa shape index (κ2) is 9.75. The number of para-hydroxylation sites is 1. The Bertz CT molecular complexity index is 1200. The Balaban J connectivity index is 1.56. The molecule has 0 saturated heterocycles. The molecule has 0 radical (unpaired) electrons. The molecule has 0 saturated carbocycles. The molecule has 1 N–H and O–H groups in total. The van der Waals surface area contributed by atoms with E-state index in [1.54, 1.807) is 19.1 Å². The van der Waals surface area contributed by atoms with E-state index in [2.05, 4.69) is 14.7 Å². The summed E-state index contributed by atoms with van der Waals surface area (Å²) in [5.74, 6) is 0.945. The van der Waals surface area contributed by atoms with Gasteiger partial charge in [-0.3, -0.25) is 4.72 Å². The average Bonchev–Trinajstić information content (AvgIpc) is 2.79. The van der Waals surface area contributed by atoms with Gasteiger partial charge in [-0.1, -0.05) is 35.9 Å². The number of hydrogen-bond donors (Lipinski definition) is 1. The summed E-state index contributed by atoms with van der Waals surface area (Å²) in [7, 11) is -3.94. The minimum absolute atomic E-state index is 0.0738. The Labute approximate surface area is 192 Å². The van der Waals surface area contributed by atoms with Crippen LogP contribution in [0.3, 0.4) is 0 Å². The van der Waals surface area contributed by atoms with Gasteiger partial charge in [0.2, 0.25) is 5.82 Å².